The van der Waals surface area contributed by atoms with E-state index in [2.05, 4.69) is 16.7 Å². The van der Waals surface area contributed by atoms with Crippen LogP contribution < -0.4 is 5.56 Å². The lowest BCUT2D eigenvalue weighted by molar-refractivity contribution is -0.134. The minimum absolute atomic E-state index is 0.199. The van der Waals surface area contributed by atoms with Crippen molar-refractivity contribution >= 4 is 45.5 Å². The highest BCUT2D eigenvalue weighted by molar-refractivity contribution is 7.73. The summed E-state index contributed by atoms with van der Waals surface area (Å²) in [7, 11) is 0. The van der Waals surface area contributed by atoms with E-state index in [1.165, 1.54) is 27.2 Å². The van der Waals surface area contributed by atoms with Crippen LogP contribution >= 0.6 is 23.6 Å². The van der Waals surface area contributed by atoms with Crippen LogP contribution in [0.2, 0.25) is 0 Å². The maximum absolute atomic E-state index is 13.4. The number of nitrogens with zero attached hydrogens (tertiary/aromatic N) is 5. The first-order valence-corrected chi connectivity index (χ1v) is 11.9. The highest BCUT2D eigenvalue weighted by Crippen LogP contribution is 2.33. The molecule has 0 saturated heterocycles. The molecule has 3 aromatic heterocycles. The predicted molar refractivity (Wildman–Crippen MR) is 134 cm³/mol. The molecule has 1 unspecified atom stereocenters. The first kappa shape index (κ1) is 22.2. The van der Waals surface area contributed by atoms with Crippen molar-refractivity contribution in [3.63, 3.8) is 0 Å². The zero-order valence-corrected chi connectivity index (χ0v) is 20.0. The smallest absolute Gasteiger partial charge is 0.273 e. The van der Waals surface area contributed by atoms with Crippen molar-refractivity contribution in [3.05, 3.63) is 92.8 Å². The van der Waals surface area contributed by atoms with E-state index in [9.17, 15) is 9.59 Å². The van der Waals surface area contributed by atoms with Gasteiger partial charge < -0.3 is 8.98 Å². The van der Waals surface area contributed by atoms with Crippen molar-refractivity contribution in [1.82, 2.24) is 19.1 Å². The molecule has 0 radical (unpaired) electrons. The molecule has 0 aliphatic carbocycles. The Morgan fingerprint density at radius 2 is 2.12 bits per heavy atom. The van der Waals surface area contributed by atoms with Gasteiger partial charge >= 0.3 is 0 Å². The van der Waals surface area contributed by atoms with Gasteiger partial charge in [-0.25, -0.2) is 9.99 Å². The van der Waals surface area contributed by atoms with Gasteiger partial charge in [-0.3, -0.25) is 14.2 Å². The van der Waals surface area contributed by atoms with Gasteiger partial charge in [0.1, 0.15) is 29.4 Å². The molecule has 1 aliphatic heterocycles. The average Bonchev–Trinajstić information content (AvgIpc) is 3.56. The van der Waals surface area contributed by atoms with Gasteiger partial charge in [-0.05, 0) is 36.8 Å². The molecule has 5 rings (SSSR count). The van der Waals surface area contributed by atoms with Crippen LogP contribution in [-0.4, -0.2) is 30.7 Å². The van der Waals surface area contributed by atoms with Gasteiger partial charge in [0, 0.05) is 13.0 Å². The first-order valence-electron chi connectivity index (χ1n) is 10.7. The Labute approximate surface area is 204 Å². The highest BCUT2D eigenvalue weighted by Gasteiger charge is 2.35. The summed E-state index contributed by atoms with van der Waals surface area (Å²) < 4.78 is 9.60. The molecule has 0 saturated carbocycles. The Morgan fingerprint density at radius 1 is 1.32 bits per heavy atom. The average molecular weight is 492 g/mol. The third-order valence-corrected chi connectivity index (χ3v) is 7.11. The molecular formula is C24H21N5O3S2. The third-order valence-electron chi connectivity index (χ3n) is 5.68. The third kappa shape index (κ3) is 3.95. The molecule has 0 fully saturated rings. The normalized spacial score (nSPS) is 15.6. The number of fused-ring (bicyclic) bond motifs is 1. The number of hydrogen-bond acceptors (Lipinski definition) is 7. The van der Waals surface area contributed by atoms with Crippen LogP contribution in [0, 0.1) is 10.9 Å². The number of amides is 1. The summed E-state index contributed by atoms with van der Waals surface area (Å²) in [6.07, 6.45) is 5.17. The van der Waals surface area contributed by atoms with Crippen LogP contribution in [0.25, 0.3) is 10.3 Å². The molecule has 34 heavy (non-hydrogen) atoms. The number of hydrazone groups is 1. The summed E-state index contributed by atoms with van der Waals surface area (Å²) in [4.78, 5) is 30.9. The predicted octanol–water partition coefficient (Wildman–Crippen LogP) is 4.45. The molecule has 1 atom stereocenters. The molecule has 0 spiro atoms. The van der Waals surface area contributed by atoms with Crippen molar-refractivity contribution < 1.29 is 9.21 Å². The van der Waals surface area contributed by atoms with Crippen LogP contribution in [0.5, 0.6) is 0 Å². The molecule has 4 aromatic rings. The van der Waals surface area contributed by atoms with Gasteiger partial charge in [0.25, 0.3) is 11.5 Å². The van der Waals surface area contributed by atoms with Gasteiger partial charge in [0.05, 0.1) is 12.0 Å². The number of carbonyl (C=O) groups is 1. The fourth-order valence-corrected chi connectivity index (χ4v) is 5.27. The van der Waals surface area contributed by atoms with Crippen LogP contribution in [0.3, 0.4) is 0 Å². The second-order valence-corrected chi connectivity index (χ2v) is 9.63. The van der Waals surface area contributed by atoms with E-state index in [1.54, 1.807) is 23.0 Å². The molecule has 172 valence electrons. The Morgan fingerprint density at radius 3 is 2.82 bits per heavy atom. The van der Waals surface area contributed by atoms with Gasteiger partial charge in [0.2, 0.25) is 0 Å². The molecule has 1 amide bonds. The van der Waals surface area contributed by atoms with Crippen molar-refractivity contribution in [2.75, 3.05) is 0 Å². The Balaban J connectivity index is 1.48. The molecule has 8 nitrogen and oxygen atoms in total. The Hall–Kier alpha value is -3.63. The number of rotatable bonds is 6. The molecule has 10 heteroatoms. The molecule has 0 bridgehead atoms. The lowest BCUT2D eigenvalue weighted by Gasteiger charge is -2.20. The molecule has 1 aliphatic rings. The lowest BCUT2D eigenvalue weighted by atomic mass is 10.0. The quantitative estimate of drug-likeness (QED) is 0.294. The summed E-state index contributed by atoms with van der Waals surface area (Å²) >= 11 is 6.55. The van der Waals surface area contributed by atoms with Crippen LogP contribution in [0.15, 0.2) is 76.0 Å². The minimum atomic E-state index is -0.387. The fourth-order valence-electron chi connectivity index (χ4n) is 3.96. The maximum Gasteiger partial charge on any atom is 0.273 e. The lowest BCUT2D eigenvalue weighted by Crippen LogP contribution is -2.33. The Kier molecular flexibility index (Phi) is 5.84. The van der Waals surface area contributed by atoms with E-state index < -0.39 is 0 Å². The van der Waals surface area contributed by atoms with Crippen LogP contribution in [0.1, 0.15) is 29.3 Å². The number of furan rings is 1. The van der Waals surface area contributed by atoms with Crippen molar-refractivity contribution in [2.24, 2.45) is 5.10 Å². The number of carbonyl (C=O) groups excluding carboxylic acids is 1. The SMILES string of the molecule is C=CCn1c(=S)sc2c(=O)n(CC(=O)N3N=C(c4ccc(C)cc4)CC3c3ccco3)cnc21. The van der Waals surface area contributed by atoms with Gasteiger partial charge in [-0.1, -0.05) is 47.2 Å². The summed E-state index contributed by atoms with van der Waals surface area (Å²) in [5, 5.41) is 6.04. The number of hydrogen-bond donors (Lipinski definition) is 0. The summed E-state index contributed by atoms with van der Waals surface area (Å²) in [5.41, 5.74) is 3.06. The summed E-state index contributed by atoms with van der Waals surface area (Å²) in [6, 6.07) is 11.2. The molecule has 1 aromatic carbocycles. The molecular weight excluding hydrogens is 470 g/mol. The molecule has 0 N–H and O–H groups in total. The highest BCUT2D eigenvalue weighted by atomic mass is 32.1. The second kappa shape index (κ2) is 8.96. The number of allylic oxidation sites excluding steroid dienone is 1. The standard InChI is InChI=1S/C24H21N5O3S2/c1-3-10-28-22-21(34-24(28)33)23(31)27(14-25-22)13-20(30)29-18(19-5-4-11-32-19)12-17(26-29)16-8-6-15(2)7-9-16/h3-9,11,14,18H,1,10,12-13H2,2H3. The van der Waals surface area contributed by atoms with E-state index in [1.807, 2.05) is 37.3 Å². The first-order chi connectivity index (χ1) is 16.5. The van der Waals surface area contributed by atoms with E-state index in [4.69, 9.17) is 16.6 Å². The van der Waals surface area contributed by atoms with Gasteiger partial charge in [0.15, 0.2) is 9.60 Å². The fraction of sp³-hybridized carbons (Fsp3) is 0.208. The molecule has 4 heterocycles. The zero-order chi connectivity index (χ0) is 23.8. The topological polar surface area (TPSA) is 85.6 Å². The van der Waals surface area contributed by atoms with Crippen LogP contribution in [0.4, 0.5) is 0 Å². The van der Waals surface area contributed by atoms with Gasteiger partial charge in [-0.15, -0.1) is 6.58 Å². The van der Waals surface area contributed by atoms with Crippen molar-refractivity contribution in [2.45, 2.75) is 32.5 Å². The van der Waals surface area contributed by atoms with E-state index >= 15 is 0 Å². The Bertz CT molecular complexity index is 1530. The number of aryl methyl sites for hydroxylation is 1. The van der Waals surface area contributed by atoms with E-state index in [0.29, 0.717) is 33.0 Å². The van der Waals surface area contributed by atoms with E-state index in [0.717, 1.165) is 16.8 Å². The van der Waals surface area contributed by atoms with Crippen molar-refractivity contribution in [1.29, 1.82) is 0 Å². The minimum Gasteiger partial charge on any atom is -0.467 e. The summed E-state index contributed by atoms with van der Waals surface area (Å²) in [5.74, 6) is 0.306. The van der Waals surface area contributed by atoms with E-state index in [-0.39, 0.29) is 24.1 Å². The zero-order valence-electron chi connectivity index (χ0n) is 18.4. The van der Waals surface area contributed by atoms with Gasteiger partial charge in [-0.2, -0.15) is 5.10 Å². The number of thiazole rings is 1. The number of benzene rings is 1. The maximum atomic E-state index is 13.4. The van der Waals surface area contributed by atoms with Crippen molar-refractivity contribution in [3.8, 4) is 0 Å². The largest absolute Gasteiger partial charge is 0.467 e. The monoisotopic (exact) mass is 491 g/mol. The summed E-state index contributed by atoms with van der Waals surface area (Å²) in [6.45, 7) is 6.01. The number of aromatic nitrogens is 3. The second-order valence-electron chi connectivity index (χ2n) is 7.98. The van der Waals surface area contributed by atoms with Crippen LogP contribution in [-0.2, 0) is 17.9 Å².